The number of nitrogens with one attached hydrogen (secondary N) is 1. The fourth-order valence-corrected chi connectivity index (χ4v) is 1.65. The molecule has 0 bridgehead atoms. The molecule has 0 aliphatic carbocycles. The van der Waals surface area contributed by atoms with Gasteiger partial charge in [0.25, 0.3) is 11.7 Å². The van der Waals surface area contributed by atoms with Crippen LogP contribution in [0.2, 0.25) is 0 Å². The molecule has 2 heterocycles. The topological polar surface area (TPSA) is 132 Å². The summed E-state index contributed by atoms with van der Waals surface area (Å²) in [5, 5.41) is 30.5. The minimum absolute atomic E-state index is 0.0128. The third kappa shape index (κ3) is 1.72. The summed E-state index contributed by atoms with van der Waals surface area (Å²) in [6.07, 6.45) is -0.823. The van der Waals surface area contributed by atoms with Gasteiger partial charge in [0, 0.05) is 13.0 Å². The Balaban J connectivity index is 2.20. The number of aromatic nitrogens is 4. The fourth-order valence-electron chi connectivity index (χ4n) is 1.65. The number of carboxylic acid groups (broad SMARTS) is 1. The summed E-state index contributed by atoms with van der Waals surface area (Å²) in [5.41, 5.74) is 0. The van der Waals surface area contributed by atoms with Crippen molar-refractivity contribution in [3.05, 3.63) is 5.82 Å². The molecular weight excluding hydrogens is 218 g/mol. The largest absolute Gasteiger partial charge is 0.480 e. The second-order valence-electron chi connectivity index (χ2n) is 3.44. The number of aromatic amines is 1. The Kier molecular flexibility index (Phi) is 2.52. The Labute approximate surface area is 89.1 Å². The molecule has 1 unspecified atom stereocenters. The van der Waals surface area contributed by atoms with E-state index >= 15 is 0 Å². The predicted octanol–water partition coefficient (Wildman–Crippen LogP) is -2.14. The molecular formula is C7H9N5O4. The van der Waals surface area contributed by atoms with Crippen molar-refractivity contribution < 1.29 is 19.8 Å². The van der Waals surface area contributed by atoms with Gasteiger partial charge in [-0.15, -0.1) is 10.2 Å². The molecule has 1 aliphatic rings. The van der Waals surface area contributed by atoms with Crippen molar-refractivity contribution >= 4 is 11.9 Å². The Morgan fingerprint density at radius 3 is 2.81 bits per heavy atom. The Morgan fingerprint density at radius 1 is 1.50 bits per heavy atom. The highest BCUT2D eigenvalue weighted by Crippen LogP contribution is 2.19. The number of tetrazole rings is 1. The summed E-state index contributed by atoms with van der Waals surface area (Å²) < 4.78 is 0. The van der Waals surface area contributed by atoms with E-state index in [4.69, 9.17) is 5.11 Å². The summed E-state index contributed by atoms with van der Waals surface area (Å²) in [6, 6.07) is -1.04. The number of aliphatic carboxylic acids is 1. The Bertz CT molecular complexity index is 405. The van der Waals surface area contributed by atoms with Gasteiger partial charge in [-0.2, -0.15) is 5.21 Å². The first-order chi connectivity index (χ1) is 7.59. The highest BCUT2D eigenvalue weighted by atomic mass is 16.4. The van der Waals surface area contributed by atoms with E-state index in [2.05, 4.69) is 20.6 Å². The number of hydrogen-bond acceptors (Lipinski definition) is 6. The van der Waals surface area contributed by atoms with Gasteiger partial charge in [-0.25, -0.2) is 4.79 Å². The third-order valence-electron chi connectivity index (χ3n) is 2.36. The lowest BCUT2D eigenvalue weighted by Gasteiger charge is -2.18. The number of hydrogen-bond donors (Lipinski definition) is 3. The lowest BCUT2D eigenvalue weighted by molar-refractivity contribution is -0.141. The second kappa shape index (κ2) is 3.85. The van der Waals surface area contributed by atoms with E-state index < -0.39 is 24.0 Å². The van der Waals surface area contributed by atoms with E-state index in [-0.39, 0.29) is 18.8 Å². The second-order valence-corrected chi connectivity index (χ2v) is 3.44. The molecule has 1 amide bonds. The van der Waals surface area contributed by atoms with Crippen molar-refractivity contribution in [2.24, 2.45) is 0 Å². The van der Waals surface area contributed by atoms with Gasteiger partial charge in [-0.05, 0) is 5.21 Å². The molecule has 1 aromatic heterocycles. The Hall–Kier alpha value is -2.03. The van der Waals surface area contributed by atoms with Crippen molar-refractivity contribution in [3.8, 4) is 0 Å². The molecule has 9 nitrogen and oxygen atoms in total. The van der Waals surface area contributed by atoms with Crippen LogP contribution < -0.4 is 0 Å². The van der Waals surface area contributed by atoms with Gasteiger partial charge in [0.15, 0.2) is 0 Å². The van der Waals surface area contributed by atoms with Gasteiger partial charge in [0.2, 0.25) is 0 Å². The lowest BCUT2D eigenvalue weighted by Crippen LogP contribution is -2.41. The maximum Gasteiger partial charge on any atom is 0.326 e. The number of aliphatic hydroxyl groups is 1. The summed E-state index contributed by atoms with van der Waals surface area (Å²) >= 11 is 0. The van der Waals surface area contributed by atoms with E-state index in [0.717, 1.165) is 4.90 Å². The molecule has 1 fully saturated rings. The predicted molar refractivity (Wildman–Crippen MR) is 47.3 cm³/mol. The molecule has 3 N–H and O–H groups in total. The first-order valence-corrected chi connectivity index (χ1v) is 4.55. The Morgan fingerprint density at radius 2 is 2.25 bits per heavy atom. The molecule has 16 heavy (non-hydrogen) atoms. The van der Waals surface area contributed by atoms with Crippen molar-refractivity contribution in [3.63, 3.8) is 0 Å². The first-order valence-electron chi connectivity index (χ1n) is 4.55. The van der Waals surface area contributed by atoms with Crippen LogP contribution in [-0.2, 0) is 4.79 Å². The smallest absolute Gasteiger partial charge is 0.326 e. The number of amides is 1. The van der Waals surface area contributed by atoms with Crippen LogP contribution >= 0.6 is 0 Å². The van der Waals surface area contributed by atoms with Gasteiger partial charge in [-0.1, -0.05) is 0 Å². The summed E-state index contributed by atoms with van der Waals surface area (Å²) in [4.78, 5) is 23.6. The number of rotatable bonds is 2. The summed E-state index contributed by atoms with van der Waals surface area (Å²) in [6.45, 7) is -0.0374. The number of carboxylic acids is 1. The zero-order valence-corrected chi connectivity index (χ0v) is 8.07. The van der Waals surface area contributed by atoms with E-state index in [1.807, 2.05) is 0 Å². The number of aliphatic hydroxyl groups excluding tert-OH is 1. The molecule has 86 valence electrons. The molecule has 0 radical (unpaired) electrons. The van der Waals surface area contributed by atoms with Crippen LogP contribution in [0.4, 0.5) is 0 Å². The molecule has 0 saturated carbocycles. The SMILES string of the molecule is O=C(O)[C@@H]1CC(O)CN1C(=O)c1nn[nH]n1. The zero-order chi connectivity index (χ0) is 11.7. The monoisotopic (exact) mass is 227 g/mol. The van der Waals surface area contributed by atoms with Crippen LogP contribution in [0.25, 0.3) is 0 Å². The minimum Gasteiger partial charge on any atom is -0.480 e. The lowest BCUT2D eigenvalue weighted by atomic mass is 10.2. The van der Waals surface area contributed by atoms with Crippen LogP contribution in [0.5, 0.6) is 0 Å². The number of carbonyl (C=O) groups is 2. The van der Waals surface area contributed by atoms with E-state index in [1.54, 1.807) is 0 Å². The van der Waals surface area contributed by atoms with E-state index in [1.165, 1.54) is 0 Å². The van der Waals surface area contributed by atoms with E-state index in [0.29, 0.717) is 0 Å². The van der Waals surface area contributed by atoms with Gasteiger partial charge in [0.05, 0.1) is 6.10 Å². The molecule has 0 spiro atoms. The quantitative estimate of drug-likeness (QED) is 0.525. The normalized spacial score (nSPS) is 24.7. The fraction of sp³-hybridized carbons (Fsp3) is 0.571. The average Bonchev–Trinajstić information content (AvgIpc) is 2.84. The van der Waals surface area contributed by atoms with Gasteiger partial charge in [-0.3, -0.25) is 4.79 Å². The van der Waals surface area contributed by atoms with E-state index in [9.17, 15) is 14.7 Å². The molecule has 2 rings (SSSR count). The van der Waals surface area contributed by atoms with Crippen LogP contribution in [0, 0.1) is 0 Å². The van der Waals surface area contributed by atoms with Crippen molar-refractivity contribution in [1.29, 1.82) is 0 Å². The van der Waals surface area contributed by atoms with Crippen molar-refractivity contribution in [1.82, 2.24) is 25.5 Å². The van der Waals surface area contributed by atoms with Crippen LogP contribution in [0.15, 0.2) is 0 Å². The number of β-amino-alcohol motifs (C(OH)–C–C–N with tert-alkyl or cyclic N) is 1. The number of likely N-dealkylation sites (tertiary alicyclic amines) is 1. The van der Waals surface area contributed by atoms with Crippen LogP contribution in [-0.4, -0.2) is 66.3 Å². The van der Waals surface area contributed by atoms with Gasteiger partial charge >= 0.3 is 5.97 Å². The summed E-state index contributed by atoms with van der Waals surface area (Å²) in [5.74, 6) is -2.02. The number of carbonyl (C=O) groups excluding carboxylic acids is 1. The average molecular weight is 227 g/mol. The molecule has 1 saturated heterocycles. The summed E-state index contributed by atoms with van der Waals surface area (Å²) in [7, 11) is 0. The molecule has 2 atom stereocenters. The highest BCUT2D eigenvalue weighted by molar-refractivity contribution is 5.93. The standard InChI is InChI=1S/C7H9N5O4/c13-3-1-4(7(15)16)12(2-3)6(14)5-8-10-11-9-5/h3-4,13H,1-2H2,(H,15,16)(H,8,9,10,11)/t3?,4-/m0/s1. The molecule has 9 heteroatoms. The maximum absolute atomic E-state index is 11.7. The first kappa shape index (κ1) is 10.5. The maximum atomic E-state index is 11.7. The van der Waals surface area contributed by atoms with Gasteiger partial charge < -0.3 is 15.1 Å². The number of H-pyrrole nitrogens is 1. The number of nitrogens with zero attached hydrogens (tertiary/aromatic N) is 4. The zero-order valence-electron chi connectivity index (χ0n) is 8.07. The molecule has 1 aliphatic heterocycles. The van der Waals surface area contributed by atoms with Crippen LogP contribution in [0.1, 0.15) is 17.0 Å². The van der Waals surface area contributed by atoms with Crippen LogP contribution in [0.3, 0.4) is 0 Å². The molecule has 1 aromatic rings. The van der Waals surface area contributed by atoms with Gasteiger partial charge in [0.1, 0.15) is 6.04 Å². The van der Waals surface area contributed by atoms with Crippen molar-refractivity contribution in [2.75, 3.05) is 6.54 Å². The minimum atomic E-state index is -1.16. The highest BCUT2D eigenvalue weighted by Gasteiger charge is 2.40. The third-order valence-corrected chi connectivity index (χ3v) is 2.36. The van der Waals surface area contributed by atoms with Crippen molar-refractivity contribution in [2.45, 2.75) is 18.6 Å². The molecule has 0 aromatic carbocycles.